The fourth-order valence-corrected chi connectivity index (χ4v) is 9.02. The third kappa shape index (κ3) is 5.48. The van der Waals surface area contributed by atoms with Crippen molar-refractivity contribution in [1.82, 2.24) is 4.57 Å². The predicted molar refractivity (Wildman–Crippen MR) is 233 cm³/mol. The first-order valence-electron chi connectivity index (χ1n) is 19.3. The van der Waals surface area contributed by atoms with Crippen LogP contribution in [0.15, 0.2) is 182 Å². The molecule has 1 heterocycles. The first kappa shape index (κ1) is 33.0. The molecule has 264 valence electrons. The van der Waals surface area contributed by atoms with Gasteiger partial charge >= 0.3 is 0 Å². The van der Waals surface area contributed by atoms with Gasteiger partial charge in [-0.15, -0.1) is 0 Å². The number of para-hydroxylation sites is 2. The number of hydrogen-bond donors (Lipinski definition) is 0. The summed E-state index contributed by atoms with van der Waals surface area (Å²) in [6.45, 7) is 9.11. The maximum Gasteiger partial charge on any atom is 0.0541 e. The minimum absolute atomic E-state index is 0.203. The van der Waals surface area contributed by atoms with Crippen molar-refractivity contribution < 1.29 is 0 Å². The number of aryl methyl sites for hydroxylation is 2. The van der Waals surface area contributed by atoms with E-state index in [0.717, 1.165) is 17.1 Å². The lowest BCUT2D eigenvalue weighted by molar-refractivity contribution is 0.660. The van der Waals surface area contributed by atoms with Gasteiger partial charge in [-0.3, -0.25) is 0 Å². The molecule has 1 aliphatic carbocycles. The Kier molecular flexibility index (Phi) is 7.64. The molecule has 0 bridgehead atoms. The highest BCUT2D eigenvalue weighted by molar-refractivity contribution is 6.09. The summed E-state index contributed by atoms with van der Waals surface area (Å²) in [5.41, 5.74) is 19.6. The number of nitrogens with zero attached hydrogens (tertiary/aromatic N) is 2. The van der Waals surface area contributed by atoms with Crippen LogP contribution in [0.1, 0.15) is 36.1 Å². The van der Waals surface area contributed by atoms with Gasteiger partial charge in [0.05, 0.1) is 11.0 Å². The molecule has 0 atom stereocenters. The van der Waals surface area contributed by atoms with Gasteiger partial charge in [-0.2, -0.15) is 0 Å². The number of anilines is 3. The molecule has 9 aromatic rings. The molecule has 1 aromatic heterocycles. The molecule has 0 radical (unpaired) electrons. The second kappa shape index (κ2) is 12.7. The molecule has 0 fully saturated rings. The summed E-state index contributed by atoms with van der Waals surface area (Å²) in [6, 6.07) is 67.1. The van der Waals surface area contributed by atoms with Crippen molar-refractivity contribution in [2.24, 2.45) is 0 Å². The Morgan fingerprint density at radius 3 is 1.47 bits per heavy atom. The molecule has 10 rings (SSSR count). The van der Waals surface area contributed by atoms with E-state index in [1.54, 1.807) is 0 Å². The highest BCUT2D eigenvalue weighted by atomic mass is 15.1. The van der Waals surface area contributed by atoms with E-state index < -0.39 is 0 Å². The van der Waals surface area contributed by atoms with Gasteiger partial charge in [0.1, 0.15) is 0 Å². The molecular weight excluding hydrogens is 665 g/mol. The normalized spacial score (nSPS) is 12.9. The number of rotatable bonds is 6. The minimum Gasteiger partial charge on any atom is -0.310 e. The topological polar surface area (TPSA) is 8.17 Å². The van der Waals surface area contributed by atoms with Gasteiger partial charge in [0, 0.05) is 38.9 Å². The van der Waals surface area contributed by atoms with E-state index in [2.05, 4.69) is 219 Å². The van der Waals surface area contributed by atoms with Gasteiger partial charge in [0.15, 0.2) is 0 Å². The summed E-state index contributed by atoms with van der Waals surface area (Å²) in [6.07, 6.45) is 0. The number of benzene rings is 8. The van der Waals surface area contributed by atoms with Gasteiger partial charge in [0.2, 0.25) is 0 Å². The van der Waals surface area contributed by atoms with Gasteiger partial charge in [0.25, 0.3) is 0 Å². The second-order valence-corrected chi connectivity index (χ2v) is 15.6. The smallest absolute Gasteiger partial charge is 0.0541 e. The first-order valence-corrected chi connectivity index (χ1v) is 19.3. The molecule has 0 amide bonds. The molecule has 0 spiro atoms. The minimum atomic E-state index is -0.203. The Hall–Kier alpha value is -6.64. The van der Waals surface area contributed by atoms with Crippen LogP contribution in [-0.2, 0) is 5.41 Å². The molecule has 8 aromatic carbocycles. The average Bonchev–Trinajstić information content (AvgIpc) is 3.66. The summed E-state index contributed by atoms with van der Waals surface area (Å²) in [4.78, 5) is 2.41. The number of aromatic nitrogens is 1. The monoisotopic (exact) mass is 706 g/mol. The fraction of sp³-hybridized carbons (Fsp3) is 0.0943. The molecule has 0 saturated carbocycles. The summed E-state index contributed by atoms with van der Waals surface area (Å²) < 4.78 is 2.43. The van der Waals surface area contributed by atoms with E-state index in [9.17, 15) is 0 Å². The van der Waals surface area contributed by atoms with Crippen molar-refractivity contribution >= 4 is 38.9 Å². The zero-order valence-corrected chi connectivity index (χ0v) is 31.7. The van der Waals surface area contributed by atoms with Crippen molar-refractivity contribution in [3.8, 4) is 39.1 Å². The quantitative estimate of drug-likeness (QED) is 0.167. The van der Waals surface area contributed by atoms with Crippen molar-refractivity contribution in [3.05, 3.63) is 204 Å². The van der Waals surface area contributed by atoms with Crippen LogP contribution in [0, 0.1) is 13.8 Å². The molecule has 1 aliphatic rings. The Bertz CT molecular complexity index is 2820. The maximum atomic E-state index is 2.43. The van der Waals surface area contributed by atoms with Crippen LogP contribution in [-0.4, -0.2) is 4.57 Å². The molecule has 55 heavy (non-hydrogen) atoms. The molecule has 0 aliphatic heterocycles. The van der Waals surface area contributed by atoms with Crippen molar-refractivity contribution in [2.45, 2.75) is 33.1 Å². The summed E-state index contributed by atoms with van der Waals surface area (Å²) in [5, 5.41) is 2.56. The van der Waals surface area contributed by atoms with Crippen LogP contribution in [0.3, 0.4) is 0 Å². The van der Waals surface area contributed by atoms with Crippen LogP contribution in [0.25, 0.3) is 60.9 Å². The van der Waals surface area contributed by atoms with Crippen LogP contribution in [0.2, 0.25) is 0 Å². The number of fused-ring (bicyclic) bond motifs is 6. The van der Waals surface area contributed by atoms with Crippen molar-refractivity contribution in [1.29, 1.82) is 0 Å². The van der Waals surface area contributed by atoms with E-state index in [4.69, 9.17) is 0 Å². The van der Waals surface area contributed by atoms with Crippen LogP contribution < -0.4 is 4.90 Å². The standard InChI is InChI=1S/C53H42N2/c1-35-30-36(2)32-40(31-35)39-20-24-42(25-21-39)54(41-22-18-38(19-23-41)37-12-6-5-7-13-37)43-26-28-45-46-29-27-44(34-50(46)53(3,4)49(45)33-43)55-51-16-10-8-14-47(51)48-15-9-11-17-52(48)55/h5-34H,1-4H3. The van der Waals surface area contributed by atoms with E-state index in [1.165, 1.54) is 83.1 Å². The highest BCUT2D eigenvalue weighted by Gasteiger charge is 2.36. The van der Waals surface area contributed by atoms with Crippen molar-refractivity contribution in [2.75, 3.05) is 4.90 Å². The second-order valence-electron chi connectivity index (χ2n) is 15.6. The zero-order valence-electron chi connectivity index (χ0n) is 31.7. The molecule has 0 saturated heterocycles. The van der Waals surface area contributed by atoms with Crippen LogP contribution in [0.4, 0.5) is 17.1 Å². The molecule has 2 nitrogen and oxygen atoms in total. The molecule has 2 heteroatoms. The Labute approximate surface area is 323 Å². The maximum absolute atomic E-state index is 2.43. The highest BCUT2D eigenvalue weighted by Crippen LogP contribution is 2.51. The predicted octanol–water partition coefficient (Wildman–Crippen LogP) is 14.5. The lowest BCUT2D eigenvalue weighted by Crippen LogP contribution is -2.17. The molecule has 0 unspecified atom stereocenters. The Balaban J connectivity index is 1.08. The number of hydrogen-bond acceptors (Lipinski definition) is 1. The molecular formula is C53H42N2. The van der Waals surface area contributed by atoms with Crippen LogP contribution >= 0.6 is 0 Å². The van der Waals surface area contributed by atoms with E-state index >= 15 is 0 Å². The summed E-state index contributed by atoms with van der Waals surface area (Å²) in [7, 11) is 0. The third-order valence-corrected chi connectivity index (χ3v) is 11.7. The molecule has 0 N–H and O–H groups in total. The van der Waals surface area contributed by atoms with Crippen LogP contribution in [0.5, 0.6) is 0 Å². The average molecular weight is 707 g/mol. The van der Waals surface area contributed by atoms with Gasteiger partial charge in [-0.1, -0.05) is 146 Å². The van der Waals surface area contributed by atoms with E-state index in [1.807, 2.05) is 0 Å². The fourth-order valence-electron chi connectivity index (χ4n) is 9.02. The largest absolute Gasteiger partial charge is 0.310 e. The van der Waals surface area contributed by atoms with Gasteiger partial charge in [-0.05, 0) is 119 Å². The van der Waals surface area contributed by atoms with Gasteiger partial charge < -0.3 is 9.47 Å². The third-order valence-electron chi connectivity index (χ3n) is 11.7. The zero-order chi connectivity index (χ0) is 37.3. The summed E-state index contributed by atoms with van der Waals surface area (Å²) in [5.74, 6) is 0. The Morgan fingerprint density at radius 1 is 0.400 bits per heavy atom. The lowest BCUT2D eigenvalue weighted by atomic mass is 9.82. The summed E-state index contributed by atoms with van der Waals surface area (Å²) >= 11 is 0. The first-order chi connectivity index (χ1) is 26.8. The van der Waals surface area contributed by atoms with E-state index in [0.29, 0.717) is 0 Å². The lowest BCUT2D eigenvalue weighted by Gasteiger charge is -2.28. The SMILES string of the molecule is Cc1cc(C)cc(-c2ccc(N(c3ccc(-c4ccccc4)cc3)c3ccc4c(c3)C(C)(C)c3cc(-n5c6ccccc6c6ccccc65)ccc3-4)cc2)c1. The Morgan fingerprint density at radius 2 is 0.873 bits per heavy atom. The van der Waals surface area contributed by atoms with Gasteiger partial charge in [-0.25, -0.2) is 0 Å². The van der Waals surface area contributed by atoms with Crippen molar-refractivity contribution in [3.63, 3.8) is 0 Å². The van der Waals surface area contributed by atoms with E-state index in [-0.39, 0.29) is 5.41 Å².